The molecule has 1 aliphatic heterocycles. The van der Waals surface area contributed by atoms with Crippen LogP contribution in [-0.2, 0) is 11.3 Å². The Balaban J connectivity index is 0.00000256. The number of rotatable bonds is 6. The van der Waals surface area contributed by atoms with E-state index in [0.717, 1.165) is 22.8 Å². The van der Waals surface area contributed by atoms with Crippen molar-refractivity contribution in [2.75, 3.05) is 18.0 Å². The molecule has 0 bridgehead atoms. The number of nitrogens with zero attached hydrogens (tertiary/aromatic N) is 3. The van der Waals surface area contributed by atoms with Crippen LogP contribution in [0.1, 0.15) is 19.0 Å². The summed E-state index contributed by atoms with van der Waals surface area (Å²) in [5.41, 5.74) is 1.69. The summed E-state index contributed by atoms with van der Waals surface area (Å²) in [7, 11) is 0. The summed E-state index contributed by atoms with van der Waals surface area (Å²) in [6.07, 6.45) is 2.07. The van der Waals surface area contributed by atoms with E-state index in [1.165, 1.54) is 0 Å². The number of carbonyl (C=O) groups is 1. The molecular formula is C21H24IN5O2S. The summed E-state index contributed by atoms with van der Waals surface area (Å²) in [6.45, 7) is 3.75. The Morgan fingerprint density at radius 3 is 2.87 bits per heavy atom. The molecule has 3 heterocycles. The average molecular weight is 537 g/mol. The molecule has 4 rings (SSSR count). The maximum atomic E-state index is 12.4. The minimum absolute atomic E-state index is 0. The Hall–Kier alpha value is -2.40. The number of benzene rings is 1. The quantitative estimate of drug-likeness (QED) is 0.284. The lowest BCUT2D eigenvalue weighted by atomic mass is 10.2. The highest BCUT2D eigenvalue weighted by Gasteiger charge is 2.31. The summed E-state index contributed by atoms with van der Waals surface area (Å²) in [5.74, 6) is 1.39. The smallest absolute Gasteiger partial charge is 0.236 e. The number of halogens is 1. The topological polar surface area (TPSA) is 82.8 Å². The standard InChI is InChI=1S/C21H23N5O2S.HI/c1-2-22-21(23-12-16-14-28-20(24-16)18-9-6-10-29-18)25-15-11-19(27)26(13-15)17-7-4-3-5-8-17;/h3-10,14-15H,2,11-13H2,1H3,(H2,22,23,25);1H. The summed E-state index contributed by atoms with van der Waals surface area (Å²) in [6, 6.07) is 13.7. The molecule has 1 aromatic carbocycles. The largest absolute Gasteiger partial charge is 0.443 e. The number of aromatic nitrogens is 1. The first-order chi connectivity index (χ1) is 14.2. The lowest BCUT2D eigenvalue weighted by Gasteiger charge is -2.18. The van der Waals surface area contributed by atoms with Crippen LogP contribution in [0.25, 0.3) is 10.8 Å². The normalized spacial score (nSPS) is 16.4. The summed E-state index contributed by atoms with van der Waals surface area (Å²) in [5, 5.41) is 8.60. The highest BCUT2D eigenvalue weighted by molar-refractivity contribution is 14.0. The first-order valence-electron chi connectivity index (χ1n) is 9.61. The molecule has 2 N–H and O–H groups in total. The predicted octanol–water partition coefficient (Wildman–Crippen LogP) is 3.88. The molecule has 1 aliphatic rings. The number of guanidine groups is 1. The third kappa shape index (κ3) is 5.39. The molecule has 1 saturated heterocycles. The zero-order chi connectivity index (χ0) is 20.1. The summed E-state index contributed by atoms with van der Waals surface area (Å²) in [4.78, 5) is 24.3. The van der Waals surface area contributed by atoms with E-state index in [0.29, 0.717) is 31.4 Å². The van der Waals surface area contributed by atoms with Gasteiger partial charge in [0.2, 0.25) is 11.8 Å². The number of aliphatic imine (C=N–C) groups is 1. The van der Waals surface area contributed by atoms with Crippen LogP contribution in [0.15, 0.2) is 63.5 Å². The Morgan fingerprint density at radius 1 is 1.30 bits per heavy atom. The molecule has 1 amide bonds. The van der Waals surface area contributed by atoms with Gasteiger partial charge in [-0.15, -0.1) is 35.3 Å². The Labute approximate surface area is 196 Å². The molecule has 7 nitrogen and oxygen atoms in total. The predicted molar refractivity (Wildman–Crippen MR) is 130 cm³/mol. The van der Waals surface area contributed by atoms with Crippen molar-refractivity contribution < 1.29 is 9.21 Å². The van der Waals surface area contributed by atoms with Gasteiger partial charge >= 0.3 is 0 Å². The molecule has 2 aromatic heterocycles. The molecule has 1 unspecified atom stereocenters. The van der Waals surface area contributed by atoms with Gasteiger partial charge in [0.15, 0.2) is 5.96 Å². The molecule has 3 aromatic rings. The van der Waals surface area contributed by atoms with Crippen molar-refractivity contribution in [1.82, 2.24) is 15.6 Å². The van der Waals surface area contributed by atoms with Crippen molar-refractivity contribution >= 4 is 52.9 Å². The highest BCUT2D eigenvalue weighted by atomic mass is 127. The second-order valence-electron chi connectivity index (χ2n) is 6.70. The molecular weight excluding hydrogens is 513 g/mol. The Morgan fingerprint density at radius 2 is 2.13 bits per heavy atom. The second kappa shape index (κ2) is 10.6. The molecule has 1 fully saturated rings. The number of oxazole rings is 1. The van der Waals surface area contributed by atoms with E-state index < -0.39 is 0 Å². The summed E-state index contributed by atoms with van der Waals surface area (Å²) >= 11 is 1.59. The first-order valence-corrected chi connectivity index (χ1v) is 10.5. The maximum Gasteiger partial charge on any atom is 0.236 e. The van der Waals surface area contributed by atoms with E-state index in [9.17, 15) is 4.79 Å². The number of thiophene rings is 1. The lowest BCUT2D eigenvalue weighted by Crippen LogP contribution is -2.44. The van der Waals surface area contributed by atoms with Gasteiger partial charge in [0.05, 0.1) is 17.5 Å². The molecule has 158 valence electrons. The minimum Gasteiger partial charge on any atom is -0.443 e. The number of amides is 1. The zero-order valence-corrected chi connectivity index (χ0v) is 19.7. The molecule has 30 heavy (non-hydrogen) atoms. The SMILES string of the molecule is CCNC(=NCc1coc(-c2cccs2)n1)NC1CC(=O)N(c2ccccc2)C1.I. The van der Waals surface area contributed by atoms with Crippen LogP contribution in [0, 0.1) is 0 Å². The van der Waals surface area contributed by atoms with Gasteiger partial charge in [-0.05, 0) is 30.5 Å². The van der Waals surface area contributed by atoms with Gasteiger partial charge in [-0.25, -0.2) is 9.98 Å². The fraction of sp³-hybridized carbons (Fsp3) is 0.286. The van der Waals surface area contributed by atoms with Crippen LogP contribution in [0.4, 0.5) is 5.69 Å². The van der Waals surface area contributed by atoms with Gasteiger partial charge in [0.1, 0.15) is 12.0 Å². The van der Waals surface area contributed by atoms with Crippen molar-refractivity contribution in [1.29, 1.82) is 0 Å². The number of para-hydroxylation sites is 1. The number of hydrogen-bond acceptors (Lipinski definition) is 5. The van der Waals surface area contributed by atoms with Gasteiger partial charge in [0.25, 0.3) is 0 Å². The zero-order valence-electron chi connectivity index (χ0n) is 16.6. The first kappa shape index (κ1) is 22.3. The van der Waals surface area contributed by atoms with E-state index in [1.54, 1.807) is 17.6 Å². The fourth-order valence-electron chi connectivity index (χ4n) is 3.23. The fourth-order valence-corrected chi connectivity index (χ4v) is 3.88. The van der Waals surface area contributed by atoms with E-state index in [-0.39, 0.29) is 35.9 Å². The van der Waals surface area contributed by atoms with Crippen LogP contribution in [0.3, 0.4) is 0 Å². The third-order valence-electron chi connectivity index (χ3n) is 4.56. The van der Waals surface area contributed by atoms with Crippen molar-refractivity contribution in [3.8, 4) is 10.8 Å². The van der Waals surface area contributed by atoms with Gasteiger partial charge in [0, 0.05) is 25.2 Å². The van der Waals surface area contributed by atoms with Crippen LogP contribution in [-0.4, -0.2) is 36.0 Å². The Bertz CT molecular complexity index is 974. The molecule has 0 aliphatic carbocycles. The maximum absolute atomic E-state index is 12.4. The van der Waals surface area contributed by atoms with Gasteiger partial charge in [-0.1, -0.05) is 24.3 Å². The second-order valence-corrected chi connectivity index (χ2v) is 7.65. The minimum atomic E-state index is -0.000468. The average Bonchev–Trinajstić information content (AvgIpc) is 3.48. The molecule has 1 atom stereocenters. The van der Waals surface area contributed by atoms with Gasteiger partial charge in [-0.3, -0.25) is 4.79 Å². The number of hydrogen-bond donors (Lipinski definition) is 2. The van der Waals surface area contributed by atoms with Crippen molar-refractivity contribution in [2.45, 2.75) is 25.9 Å². The molecule has 0 radical (unpaired) electrons. The van der Waals surface area contributed by atoms with Crippen molar-refractivity contribution in [3.63, 3.8) is 0 Å². The number of anilines is 1. The summed E-state index contributed by atoms with van der Waals surface area (Å²) < 4.78 is 5.55. The Kier molecular flexibility index (Phi) is 7.86. The molecule has 0 spiro atoms. The van der Waals surface area contributed by atoms with Gasteiger partial charge < -0.3 is 20.0 Å². The van der Waals surface area contributed by atoms with Crippen LogP contribution in [0.2, 0.25) is 0 Å². The molecule has 0 saturated carbocycles. The number of carbonyl (C=O) groups excluding carboxylic acids is 1. The van der Waals surface area contributed by atoms with E-state index in [1.807, 2.05) is 59.7 Å². The third-order valence-corrected chi connectivity index (χ3v) is 5.42. The van der Waals surface area contributed by atoms with Crippen LogP contribution >= 0.6 is 35.3 Å². The highest BCUT2D eigenvalue weighted by Crippen LogP contribution is 2.24. The lowest BCUT2D eigenvalue weighted by molar-refractivity contribution is -0.117. The van der Waals surface area contributed by atoms with E-state index in [4.69, 9.17) is 4.42 Å². The van der Waals surface area contributed by atoms with Crippen LogP contribution < -0.4 is 15.5 Å². The van der Waals surface area contributed by atoms with Crippen molar-refractivity contribution in [3.05, 3.63) is 59.8 Å². The monoisotopic (exact) mass is 537 g/mol. The van der Waals surface area contributed by atoms with Gasteiger partial charge in [-0.2, -0.15) is 0 Å². The molecule has 9 heteroatoms. The van der Waals surface area contributed by atoms with E-state index >= 15 is 0 Å². The van der Waals surface area contributed by atoms with Crippen molar-refractivity contribution in [2.24, 2.45) is 4.99 Å². The van der Waals surface area contributed by atoms with Crippen LogP contribution in [0.5, 0.6) is 0 Å². The number of nitrogens with one attached hydrogen (secondary N) is 2. The van der Waals surface area contributed by atoms with E-state index in [2.05, 4.69) is 20.6 Å².